The second-order valence-electron chi connectivity index (χ2n) is 18.0. The Morgan fingerprint density at radius 1 is 0.247 bits per heavy atom. The van der Waals surface area contributed by atoms with Gasteiger partial charge in [0.2, 0.25) is 18.9 Å². The summed E-state index contributed by atoms with van der Waals surface area (Å²) in [7, 11) is 0. The molecule has 0 radical (unpaired) electrons. The van der Waals surface area contributed by atoms with Crippen molar-refractivity contribution in [1.29, 1.82) is 0 Å². The summed E-state index contributed by atoms with van der Waals surface area (Å²) in [6.45, 7) is -7.21. The Morgan fingerprint density at radius 3 is 0.714 bits per heavy atom. The highest BCUT2D eigenvalue weighted by Gasteiger charge is 2.55. The minimum absolute atomic E-state index is 0.712. The SMILES string of the molecule is OCCC1OC(O)/C(O)=C(/O)C(CCO)OC2OC(CO)C(OC3OC(CO)C(OC4OC(CO)C(OC(O)/C(O)=C(/O)C(CCO)OC5OC(CO)C(OC(O)/C(O)=C\1O)C(O)C5O)C(O)C4O)C(O)C3O)C(O)C2O. The third kappa shape index (κ3) is 14.7. The molecule has 35 nitrogen and oxygen atoms in total. The summed E-state index contributed by atoms with van der Waals surface area (Å²) in [5.74, 6) is -8.98. The molecule has 9 rings (SSSR count). The van der Waals surface area contributed by atoms with Crippen LogP contribution in [-0.4, -0.2) is 329 Å². The van der Waals surface area contributed by atoms with Crippen LogP contribution < -0.4 is 0 Å². The fourth-order valence-electron chi connectivity index (χ4n) is 8.65. The van der Waals surface area contributed by atoms with Crippen LogP contribution in [0.3, 0.4) is 0 Å². The van der Waals surface area contributed by atoms with Gasteiger partial charge in [0, 0.05) is 39.1 Å². The molecular formula is C42H70O35. The van der Waals surface area contributed by atoms with E-state index in [1.807, 2.05) is 0 Å². The summed E-state index contributed by atoms with van der Waals surface area (Å²) < 4.78 is 59.9. The molecule has 9 aliphatic heterocycles. The number of fused-ring (bicyclic) bond motifs is 4. The van der Waals surface area contributed by atoms with Crippen molar-refractivity contribution in [3.8, 4) is 0 Å². The fraction of sp³-hybridized carbons (Fsp3) is 0.857. The number of rotatable bonds is 10. The van der Waals surface area contributed by atoms with Crippen molar-refractivity contribution in [1.82, 2.24) is 0 Å². The van der Waals surface area contributed by atoms with E-state index in [4.69, 9.17) is 52.1 Å². The van der Waals surface area contributed by atoms with E-state index < -0.39 is 260 Å². The fourth-order valence-corrected chi connectivity index (χ4v) is 8.65. The summed E-state index contributed by atoms with van der Waals surface area (Å²) >= 11 is 0. The van der Waals surface area contributed by atoms with Crippen molar-refractivity contribution in [2.45, 2.75) is 179 Å². The minimum atomic E-state index is -2.78. The second-order valence-corrected chi connectivity index (χ2v) is 18.0. The third-order valence-corrected chi connectivity index (χ3v) is 12.9. The first-order valence-electron chi connectivity index (χ1n) is 23.8. The lowest BCUT2D eigenvalue weighted by Crippen LogP contribution is -2.67. The van der Waals surface area contributed by atoms with Gasteiger partial charge in [-0.25, -0.2) is 0 Å². The standard InChI is InChI=1S/C42H70O35/c43-4-1-11-18(50)26(58)37(65)74-32-14(7-46)70-39(28(60)21(32)53)69-13(3-6-45)20(52)27(59)38(66)75-33-15(8-47)72-41(30(62)22(33)54)77-35-17(10-49)73-42(31(63)24(35)56)76-34-16(9-48)71-40(29(61)23(34)55)68-12(2-5-44)19(51)25(57)36(64)67-11/h11-17,21-24,28-66H,1-10H2/b25-19-,26-18-,27-20-. The summed E-state index contributed by atoms with van der Waals surface area (Å²) in [6, 6.07) is 0. The van der Waals surface area contributed by atoms with Crippen molar-refractivity contribution in [2.75, 3.05) is 46.2 Å². The van der Waals surface area contributed by atoms with Gasteiger partial charge < -0.3 is 175 Å². The van der Waals surface area contributed by atoms with Gasteiger partial charge in [-0.15, -0.1) is 0 Å². The molecule has 24 N–H and O–H groups in total. The average molecular weight is 1130 g/mol. The van der Waals surface area contributed by atoms with E-state index in [0.29, 0.717) is 0 Å². The highest BCUT2D eigenvalue weighted by Crippen LogP contribution is 2.36. The summed E-state index contributed by atoms with van der Waals surface area (Å²) in [4.78, 5) is 0. The number of hydrogen-bond donors (Lipinski definition) is 24. The maximum atomic E-state index is 11.2. The average Bonchev–Trinajstić information content (AvgIpc) is 3.43. The van der Waals surface area contributed by atoms with Crippen LogP contribution in [0.15, 0.2) is 34.6 Å². The molecular weight excluding hydrogens is 1060 g/mol. The van der Waals surface area contributed by atoms with Crippen LogP contribution >= 0.6 is 0 Å². The van der Waals surface area contributed by atoms with Crippen LogP contribution in [0.25, 0.3) is 0 Å². The Kier molecular flexibility index (Phi) is 24.4. The van der Waals surface area contributed by atoms with Gasteiger partial charge in [0.25, 0.3) is 0 Å². The van der Waals surface area contributed by atoms with Crippen molar-refractivity contribution < 1.29 is 175 Å². The molecule has 26 unspecified atom stereocenters. The lowest BCUT2D eigenvalue weighted by molar-refractivity contribution is -0.383. The first kappa shape index (κ1) is 64.7. The zero-order chi connectivity index (χ0) is 57.3. The lowest BCUT2D eigenvalue weighted by atomic mass is 9.96. The topological polar surface area (TPSA) is 587 Å². The smallest absolute Gasteiger partial charge is 0.218 e. The van der Waals surface area contributed by atoms with E-state index in [2.05, 4.69) is 0 Å². The van der Waals surface area contributed by atoms with Crippen molar-refractivity contribution >= 4 is 0 Å². The van der Waals surface area contributed by atoms with Gasteiger partial charge in [0.1, 0.15) is 116 Å². The zero-order valence-electron chi connectivity index (χ0n) is 40.3. The van der Waals surface area contributed by atoms with Gasteiger partial charge in [-0.3, -0.25) is 0 Å². The number of aliphatic hydroxyl groups excluding tert-OH is 24. The molecule has 0 spiro atoms. The molecule has 0 aromatic heterocycles. The number of hydrogen-bond acceptors (Lipinski definition) is 35. The van der Waals surface area contributed by atoms with E-state index in [1.165, 1.54) is 0 Å². The highest BCUT2D eigenvalue weighted by atomic mass is 16.8. The van der Waals surface area contributed by atoms with Crippen molar-refractivity contribution in [3.05, 3.63) is 34.6 Å². The Morgan fingerprint density at radius 2 is 0.468 bits per heavy atom. The summed E-state index contributed by atoms with van der Waals surface area (Å²) in [5.41, 5.74) is 0. The van der Waals surface area contributed by atoms with Crippen LogP contribution in [0, 0.1) is 0 Å². The van der Waals surface area contributed by atoms with Crippen molar-refractivity contribution in [3.63, 3.8) is 0 Å². The summed E-state index contributed by atoms with van der Waals surface area (Å²) in [5, 5.41) is 257. The van der Waals surface area contributed by atoms with E-state index >= 15 is 0 Å². The molecule has 0 amide bonds. The minimum Gasteiger partial charge on any atom is -0.506 e. The Labute approximate surface area is 434 Å². The van der Waals surface area contributed by atoms with Gasteiger partial charge in [-0.2, -0.15) is 0 Å². The highest BCUT2D eigenvalue weighted by molar-refractivity contribution is 5.12. The third-order valence-electron chi connectivity index (χ3n) is 12.9. The molecule has 0 saturated carbocycles. The maximum Gasteiger partial charge on any atom is 0.218 e. The van der Waals surface area contributed by atoms with E-state index in [0.717, 1.165) is 0 Å². The molecule has 26 atom stereocenters. The van der Waals surface area contributed by atoms with E-state index in [-0.39, 0.29) is 0 Å². The number of aliphatic hydroxyl groups is 24. The Hall–Kier alpha value is -3.14. The van der Waals surface area contributed by atoms with Gasteiger partial charge >= 0.3 is 0 Å². The molecule has 448 valence electrons. The van der Waals surface area contributed by atoms with Crippen LogP contribution in [0.5, 0.6) is 0 Å². The molecule has 0 aliphatic carbocycles. The molecule has 0 aromatic carbocycles. The molecule has 0 aromatic rings. The molecule has 9 heterocycles. The lowest BCUT2D eigenvalue weighted by Gasteiger charge is -2.48. The maximum absolute atomic E-state index is 11.2. The van der Waals surface area contributed by atoms with Gasteiger partial charge in [0.05, 0.1) is 26.4 Å². The molecule has 8 bridgehead atoms. The molecule has 4 saturated heterocycles. The molecule has 35 heteroatoms. The number of ether oxygens (including phenoxy) is 11. The van der Waals surface area contributed by atoms with Crippen molar-refractivity contribution in [2.24, 2.45) is 0 Å². The zero-order valence-corrected chi connectivity index (χ0v) is 40.3. The molecule has 4 fully saturated rings. The van der Waals surface area contributed by atoms with Crippen LogP contribution in [0.4, 0.5) is 0 Å². The first-order valence-corrected chi connectivity index (χ1v) is 23.8. The largest absolute Gasteiger partial charge is 0.506 e. The Balaban J connectivity index is 1.52. The quantitative estimate of drug-likeness (QED) is 0.0966. The predicted molar refractivity (Wildman–Crippen MR) is 235 cm³/mol. The van der Waals surface area contributed by atoms with E-state index in [1.54, 1.807) is 0 Å². The first-order chi connectivity index (χ1) is 36.4. The van der Waals surface area contributed by atoms with Gasteiger partial charge in [-0.1, -0.05) is 0 Å². The molecule has 9 aliphatic rings. The van der Waals surface area contributed by atoms with Crippen LogP contribution in [0.1, 0.15) is 19.3 Å². The normalized spacial score (nSPS) is 47.9. The van der Waals surface area contributed by atoms with E-state index in [9.17, 15) is 123 Å². The van der Waals surface area contributed by atoms with Crippen LogP contribution in [0.2, 0.25) is 0 Å². The summed E-state index contributed by atoms with van der Waals surface area (Å²) in [6.07, 6.45) is -58.8. The second kappa shape index (κ2) is 29.0. The predicted octanol–water partition coefficient (Wildman–Crippen LogP) is -10.5. The Bertz CT molecular complexity index is 1900. The molecule has 77 heavy (non-hydrogen) atoms. The van der Waals surface area contributed by atoms with Crippen LogP contribution in [-0.2, 0) is 52.1 Å². The van der Waals surface area contributed by atoms with Gasteiger partial charge in [0.15, 0.2) is 59.7 Å². The van der Waals surface area contributed by atoms with Gasteiger partial charge in [-0.05, 0) is 0 Å². The monoisotopic (exact) mass is 1130 g/mol.